The van der Waals surface area contributed by atoms with E-state index in [2.05, 4.69) is 27.0 Å². The Balaban J connectivity index is 1.40. The second kappa shape index (κ2) is 11.6. The summed E-state index contributed by atoms with van der Waals surface area (Å²) in [5.74, 6) is 1.74. The van der Waals surface area contributed by atoms with Crippen LogP contribution < -0.4 is 10.2 Å². The first-order valence-electron chi connectivity index (χ1n) is 12.3. The summed E-state index contributed by atoms with van der Waals surface area (Å²) in [7, 11) is 0. The first-order valence-corrected chi connectivity index (χ1v) is 12.3. The lowest BCUT2D eigenvalue weighted by molar-refractivity contribution is -0.121. The van der Waals surface area contributed by atoms with Crippen molar-refractivity contribution in [2.45, 2.75) is 58.4 Å². The number of ether oxygens (including phenoxy) is 1. The predicted molar refractivity (Wildman–Crippen MR) is 128 cm³/mol. The number of morpholine rings is 1. The SMILES string of the molecule is CCc1c(C)nc(-n2ccnc2)nc1N1CCCCC1CC(=O)NCCCN1CCOCC1. The summed E-state index contributed by atoms with van der Waals surface area (Å²) in [5.41, 5.74) is 2.15. The van der Waals surface area contributed by atoms with Crippen LogP contribution in [0.5, 0.6) is 0 Å². The third-order valence-corrected chi connectivity index (χ3v) is 6.67. The van der Waals surface area contributed by atoms with Gasteiger partial charge in [-0.1, -0.05) is 6.92 Å². The van der Waals surface area contributed by atoms with E-state index < -0.39 is 0 Å². The van der Waals surface area contributed by atoms with E-state index in [0.29, 0.717) is 12.4 Å². The summed E-state index contributed by atoms with van der Waals surface area (Å²) in [5, 5.41) is 3.15. The molecule has 2 saturated heterocycles. The predicted octanol–water partition coefficient (Wildman–Crippen LogP) is 2.12. The van der Waals surface area contributed by atoms with E-state index in [1.54, 1.807) is 12.5 Å². The highest BCUT2D eigenvalue weighted by Crippen LogP contribution is 2.30. The topological polar surface area (TPSA) is 88.4 Å². The van der Waals surface area contributed by atoms with E-state index in [-0.39, 0.29) is 11.9 Å². The van der Waals surface area contributed by atoms with Gasteiger partial charge >= 0.3 is 0 Å². The minimum Gasteiger partial charge on any atom is -0.379 e. The number of hydrogen-bond donors (Lipinski definition) is 1. The van der Waals surface area contributed by atoms with Crippen LogP contribution in [-0.4, -0.2) is 82.3 Å². The standard InChI is InChI=1S/C24H37N7O2/c1-3-21-19(2)27-24(30-12-9-25-18-30)28-23(21)31-11-5-4-7-20(31)17-22(32)26-8-6-10-29-13-15-33-16-14-29/h9,12,18,20H,3-8,10-11,13-17H2,1-2H3,(H,26,32). The monoisotopic (exact) mass is 455 g/mol. The van der Waals surface area contributed by atoms with Crippen molar-refractivity contribution in [3.05, 3.63) is 30.0 Å². The van der Waals surface area contributed by atoms with E-state index in [1.165, 1.54) is 0 Å². The van der Waals surface area contributed by atoms with Crippen LogP contribution in [0.3, 0.4) is 0 Å². The van der Waals surface area contributed by atoms with Gasteiger partial charge in [0.15, 0.2) is 0 Å². The van der Waals surface area contributed by atoms with E-state index in [1.807, 2.05) is 17.7 Å². The van der Waals surface area contributed by atoms with Gasteiger partial charge in [-0.25, -0.2) is 9.97 Å². The van der Waals surface area contributed by atoms with Crippen molar-refractivity contribution in [1.29, 1.82) is 0 Å². The number of nitrogens with zero attached hydrogens (tertiary/aromatic N) is 6. The summed E-state index contributed by atoms with van der Waals surface area (Å²) in [6.07, 6.45) is 10.9. The van der Waals surface area contributed by atoms with Crippen molar-refractivity contribution in [3.8, 4) is 5.95 Å². The van der Waals surface area contributed by atoms with Crippen LogP contribution in [0.2, 0.25) is 0 Å². The van der Waals surface area contributed by atoms with Crippen molar-refractivity contribution >= 4 is 11.7 Å². The molecular weight excluding hydrogens is 418 g/mol. The molecule has 1 N–H and O–H groups in total. The number of aryl methyl sites for hydroxylation is 1. The fourth-order valence-electron chi connectivity index (χ4n) is 4.84. The van der Waals surface area contributed by atoms with Gasteiger partial charge in [-0.05, 0) is 45.6 Å². The molecule has 2 aromatic rings. The van der Waals surface area contributed by atoms with E-state index >= 15 is 0 Å². The van der Waals surface area contributed by atoms with Crippen molar-refractivity contribution < 1.29 is 9.53 Å². The quantitative estimate of drug-likeness (QED) is 0.580. The third kappa shape index (κ3) is 6.09. The van der Waals surface area contributed by atoms with E-state index in [4.69, 9.17) is 14.7 Å². The maximum Gasteiger partial charge on any atom is 0.237 e. The van der Waals surface area contributed by atoms with Crippen molar-refractivity contribution in [1.82, 2.24) is 29.7 Å². The summed E-state index contributed by atoms with van der Waals surface area (Å²) < 4.78 is 7.24. The molecule has 0 bridgehead atoms. The number of carbonyl (C=O) groups excluding carboxylic acids is 1. The third-order valence-electron chi connectivity index (χ3n) is 6.67. The van der Waals surface area contributed by atoms with Crippen molar-refractivity contribution in [3.63, 3.8) is 0 Å². The maximum absolute atomic E-state index is 12.8. The minimum atomic E-state index is 0.132. The molecule has 9 nitrogen and oxygen atoms in total. The van der Waals surface area contributed by atoms with Gasteiger partial charge in [0.2, 0.25) is 11.9 Å². The van der Waals surface area contributed by atoms with Gasteiger partial charge < -0.3 is 15.0 Å². The lowest BCUT2D eigenvalue weighted by Crippen LogP contribution is -2.44. The molecule has 0 saturated carbocycles. The second-order valence-corrected chi connectivity index (χ2v) is 8.94. The number of hydrogen-bond acceptors (Lipinski definition) is 7. The Morgan fingerprint density at radius 3 is 2.82 bits per heavy atom. The van der Waals surface area contributed by atoms with Gasteiger partial charge in [0.1, 0.15) is 12.1 Å². The summed E-state index contributed by atoms with van der Waals surface area (Å²) in [4.78, 5) is 31.3. The molecule has 1 atom stereocenters. The highest BCUT2D eigenvalue weighted by atomic mass is 16.5. The zero-order valence-electron chi connectivity index (χ0n) is 20.0. The van der Waals surface area contributed by atoms with Crippen LogP contribution in [0, 0.1) is 6.92 Å². The van der Waals surface area contributed by atoms with Crippen molar-refractivity contribution in [2.24, 2.45) is 0 Å². The van der Waals surface area contributed by atoms with Crippen LogP contribution in [-0.2, 0) is 16.0 Å². The molecule has 9 heteroatoms. The largest absolute Gasteiger partial charge is 0.379 e. The van der Waals surface area contributed by atoms with Crippen LogP contribution in [0.15, 0.2) is 18.7 Å². The average molecular weight is 456 g/mol. The molecule has 0 aromatic carbocycles. The van der Waals surface area contributed by atoms with Crippen LogP contribution in [0.25, 0.3) is 5.95 Å². The van der Waals surface area contributed by atoms with Gasteiger partial charge in [0, 0.05) is 62.3 Å². The van der Waals surface area contributed by atoms with Gasteiger partial charge in [-0.15, -0.1) is 0 Å². The number of rotatable bonds is 9. The molecule has 2 aromatic heterocycles. The Morgan fingerprint density at radius 1 is 1.21 bits per heavy atom. The molecule has 2 aliphatic heterocycles. The Morgan fingerprint density at radius 2 is 2.06 bits per heavy atom. The lowest BCUT2D eigenvalue weighted by Gasteiger charge is -2.37. The normalized spacial score (nSPS) is 19.6. The van der Waals surface area contributed by atoms with Crippen molar-refractivity contribution in [2.75, 3.05) is 50.8 Å². The molecule has 4 rings (SSSR count). The van der Waals surface area contributed by atoms with Crippen LogP contribution in [0.1, 0.15) is 50.3 Å². The number of carbonyl (C=O) groups is 1. The Hall–Kier alpha value is -2.52. The zero-order valence-corrected chi connectivity index (χ0v) is 20.0. The minimum absolute atomic E-state index is 0.132. The molecule has 4 heterocycles. The Bertz CT molecular complexity index is 896. The number of anilines is 1. The highest BCUT2D eigenvalue weighted by molar-refractivity contribution is 5.77. The Kier molecular flexibility index (Phi) is 8.28. The number of imidazole rings is 1. The number of amides is 1. The summed E-state index contributed by atoms with van der Waals surface area (Å²) in [6, 6.07) is 0.160. The van der Waals surface area contributed by atoms with Crippen LogP contribution in [0.4, 0.5) is 5.82 Å². The zero-order chi connectivity index (χ0) is 23.0. The molecular formula is C24H37N7O2. The second-order valence-electron chi connectivity index (χ2n) is 8.94. The first-order chi connectivity index (χ1) is 16.2. The molecule has 0 radical (unpaired) electrons. The Labute approximate surface area is 196 Å². The fourth-order valence-corrected chi connectivity index (χ4v) is 4.84. The maximum atomic E-state index is 12.8. The highest BCUT2D eigenvalue weighted by Gasteiger charge is 2.28. The first kappa shape index (κ1) is 23.6. The molecule has 1 unspecified atom stereocenters. The fraction of sp³-hybridized carbons (Fsp3) is 0.667. The molecule has 0 aliphatic carbocycles. The summed E-state index contributed by atoms with van der Waals surface area (Å²) in [6.45, 7) is 10.5. The molecule has 0 spiro atoms. The van der Waals surface area contributed by atoms with Gasteiger partial charge in [0.25, 0.3) is 0 Å². The van der Waals surface area contributed by atoms with Crippen LogP contribution >= 0.6 is 0 Å². The lowest BCUT2D eigenvalue weighted by atomic mass is 9.97. The van der Waals surface area contributed by atoms with Gasteiger partial charge in [-0.2, -0.15) is 4.98 Å². The number of piperidine rings is 1. The molecule has 2 fully saturated rings. The molecule has 180 valence electrons. The molecule has 33 heavy (non-hydrogen) atoms. The number of nitrogens with one attached hydrogen (secondary N) is 1. The van der Waals surface area contributed by atoms with E-state index in [0.717, 1.165) is 95.1 Å². The average Bonchev–Trinajstić information content (AvgIpc) is 3.38. The molecule has 2 aliphatic rings. The van der Waals surface area contributed by atoms with Gasteiger partial charge in [0.05, 0.1) is 13.2 Å². The van der Waals surface area contributed by atoms with E-state index in [9.17, 15) is 4.79 Å². The number of aromatic nitrogens is 4. The van der Waals surface area contributed by atoms with Gasteiger partial charge in [-0.3, -0.25) is 14.3 Å². The smallest absolute Gasteiger partial charge is 0.237 e. The molecule has 1 amide bonds. The summed E-state index contributed by atoms with van der Waals surface area (Å²) >= 11 is 0.